The molecule has 0 aromatic carbocycles. The maximum absolute atomic E-state index is 11.7. The van der Waals surface area contributed by atoms with E-state index in [9.17, 15) is 9.59 Å². The second-order valence-electron chi connectivity index (χ2n) is 6.33. The predicted octanol–water partition coefficient (Wildman–Crippen LogP) is 3.45. The van der Waals surface area contributed by atoms with Crippen molar-refractivity contribution in [3.8, 4) is 0 Å². The molecule has 2 atom stereocenters. The Bertz CT molecular complexity index is 305. The zero-order valence-electron chi connectivity index (χ0n) is 15.0. The largest absolute Gasteiger partial charge is 0.355 e. The fourth-order valence-electron chi connectivity index (χ4n) is 2.13. The number of hydrogen-bond donors (Lipinski definition) is 2. The number of nitrogens with one attached hydrogen (secondary N) is 2. The van der Waals surface area contributed by atoms with Crippen molar-refractivity contribution in [1.82, 2.24) is 10.6 Å². The van der Waals surface area contributed by atoms with Gasteiger partial charge in [0.1, 0.15) is 5.78 Å². The molecule has 2 unspecified atom stereocenters. The van der Waals surface area contributed by atoms with Gasteiger partial charge in [-0.1, -0.05) is 40.0 Å². The molecule has 0 saturated heterocycles. The number of Topliss-reactive ketones (excluding diaryl/α,β-unsaturated/α-hetero) is 1. The first-order valence-corrected chi connectivity index (χ1v) is 9.04. The van der Waals surface area contributed by atoms with Crippen LogP contribution in [0.5, 0.6) is 0 Å². The standard InChI is InChI=1S/C18H36N2O2/c1-5-15(3)17(21)12-10-8-7-9-11-13-19-18(22)14-20-16(4)6-2/h15-16,20H,5-14H2,1-4H3,(H,19,22). The first-order valence-electron chi connectivity index (χ1n) is 9.04. The lowest BCUT2D eigenvalue weighted by atomic mass is 9.98. The van der Waals surface area contributed by atoms with Gasteiger partial charge in [0.15, 0.2) is 0 Å². The Labute approximate surface area is 136 Å². The number of ketones is 1. The molecular weight excluding hydrogens is 276 g/mol. The number of hydrogen-bond acceptors (Lipinski definition) is 3. The van der Waals surface area contributed by atoms with E-state index in [-0.39, 0.29) is 11.8 Å². The molecule has 0 aliphatic rings. The topological polar surface area (TPSA) is 58.2 Å². The molecule has 1 amide bonds. The van der Waals surface area contributed by atoms with Gasteiger partial charge in [-0.15, -0.1) is 0 Å². The highest BCUT2D eigenvalue weighted by atomic mass is 16.2. The molecule has 4 nitrogen and oxygen atoms in total. The van der Waals surface area contributed by atoms with E-state index < -0.39 is 0 Å². The second-order valence-corrected chi connectivity index (χ2v) is 6.33. The van der Waals surface area contributed by atoms with E-state index in [1.165, 1.54) is 0 Å². The van der Waals surface area contributed by atoms with Gasteiger partial charge >= 0.3 is 0 Å². The quantitative estimate of drug-likeness (QED) is 0.483. The lowest BCUT2D eigenvalue weighted by molar-refractivity contribution is -0.122. The van der Waals surface area contributed by atoms with Crippen LogP contribution in [0.3, 0.4) is 0 Å². The van der Waals surface area contributed by atoms with Crippen LogP contribution < -0.4 is 10.6 Å². The summed E-state index contributed by atoms with van der Waals surface area (Å²) in [4.78, 5) is 23.2. The molecule has 0 aliphatic heterocycles. The van der Waals surface area contributed by atoms with Crippen LogP contribution in [0, 0.1) is 5.92 Å². The number of amides is 1. The van der Waals surface area contributed by atoms with Gasteiger partial charge in [-0.25, -0.2) is 0 Å². The minimum Gasteiger partial charge on any atom is -0.355 e. The van der Waals surface area contributed by atoms with Gasteiger partial charge in [0, 0.05) is 24.9 Å². The number of rotatable bonds is 14. The van der Waals surface area contributed by atoms with Gasteiger partial charge in [0.2, 0.25) is 5.91 Å². The predicted molar refractivity (Wildman–Crippen MR) is 92.9 cm³/mol. The van der Waals surface area contributed by atoms with Crippen molar-refractivity contribution in [2.75, 3.05) is 13.1 Å². The molecule has 0 aromatic heterocycles. The molecule has 0 aromatic rings. The van der Waals surface area contributed by atoms with Gasteiger partial charge in [-0.05, 0) is 32.6 Å². The average molecular weight is 312 g/mol. The molecule has 0 spiro atoms. The molecule has 4 heteroatoms. The van der Waals surface area contributed by atoms with Gasteiger partial charge in [0.25, 0.3) is 0 Å². The lowest BCUT2D eigenvalue weighted by Gasteiger charge is -2.11. The Morgan fingerprint density at radius 1 is 0.909 bits per heavy atom. The Morgan fingerprint density at radius 3 is 2.18 bits per heavy atom. The van der Waals surface area contributed by atoms with E-state index >= 15 is 0 Å². The van der Waals surface area contributed by atoms with Crippen LogP contribution in [0.15, 0.2) is 0 Å². The third-order valence-electron chi connectivity index (χ3n) is 4.31. The molecule has 0 heterocycles. The zero-order valence-corrected chi connectivity index (χ0v) is 15.0. The van der Waals surface area contributed by atoms with Gasteiger partial charge in [-0.3, -0.25) is 9.59 Å². The van der Waals surface area contributed by atoms with Crippen molar-refractivity contribution in [2.45, 2.75) is 85.1 Å². The second kappa shape index (κ2) is 13.7. The highest BCUT2D eigenvalue weighted by Crippen LogP contribution is 2.10. The molecule has 0 aliphatic carbocycles. The van der Waals surface area contributed by atoms with Crippen LogP contribution in [-0.4, -0.2) is 30.8 Å². The van der Waals surface area contributed by atoms with Crippen molar-refractivity contribution in [3.63, 3.8) is 0 Å². The van der Waals surface area contributed by atoms with E-state index in [2.05, 4.69) is 31.4 Å². The molecule has 0 radical (unpaired) electrons. The zero-order chi connectivity index (χ0) is 16.8. The minimum absolute atomic E-state index is 0.0828. The van der Waals surface area contributed by atoms with Gasteiger partial charge in [0.05, 0.1) is 6.54 Å². The Morgan fingerprint density at radius 2 is 1.55 bits per heavy atom. The first kappa shape index (κ1) is 21.1. The molecule has 22 heavy (non-hydrogen) atoms. The molecular formula is C18H36N2O2. The van der Waals surface area contributed by atoms with Crippen LogP contribution in [0.2, 0.25) is 0 Å². The number of unbranched alkanes of at least 4 members (excludes halogenated alkanes) is 4. The summed E-state index contributed by atoms with van der Waals surface area (Å²) in [5, 5.41) is 6.12. The van der Waals surface area contributed by atoms with E-state index in [1.807, 2.05) is 6.92 Å². The first-order chi connectivity index (χ1) is 10.5. The van der Waals surface area contributed by atoms with Crippen LogP contribution in [0.1, 0.15) is 79.1 Å². The van der Waals surface area contributed by atoms with Crippen molar-refractivity contribution in [3.05, 3.63) is 0 Å². The molecule has 0 bridgehead atoms. The van der Waals surface area contributed by atoms with Gasteiger partial charge < -0.3 is 10.6 Å². The fourth-order valence-corrected chi connectivity index (χ4v) is 2.13. The Hall–Kier alpha value is -0.900. The van der Waals surface area contributed by atoms with E-state index in [1.54, 1.807) is 0 Å². The molecule has 0 fully saturated rings. The van der Waals surface area contributed by atoms with E-state index in [0.29, 0.717) is 18.4 Å². The van der Waals surface area contributed by atoms with Crippen molar-refractivity contribution >= 4 is 11.7 Å². The maximum atomic E-state index is 11.7. The Balaban J connectivity index is 3.36. The van der Waals surface area contributed by atoms with Crippen LogP contribution >= 0.6 is 0 Å². The summed E-state index contributed by atoms with van der Waals surface area (Å²) in [6.07, 6.45) is 8.13. The summed E-state index contributed by atoms with van der Waals surface area (Å²) < 4.78 is 0. The third-order valence-corrected chi connectivity index (χ3v) is 4.31. The Kier molecular flexibility index (Phi) is 13.2. The summed E-state index contributed by atoms with van der Waals surface area (Å²) in [6.45, 7) is 9.43. The van der Waals surface area contributed by atoms with E-state index in [0.717, 1.165) is 57.9 Å². The van der Waals surface area contributed by atoms with Crippen molar-refractivity contribution in [1.29, 1.82) is 0 Å². The monoisotopic (exact) mass is 312 g/mol. The van der Waals surface area contributed by atoms with Crippen LogP contribution in [-0.2, 0) is 9.59 Å². The highest BCUT2D eigenvalue weighted by Gasteiger charge is 2.09. The summed E-state index contributed by atoms with van der Waals surface area (Å²) in [5.74, 6) is 0.710. The van der Waals surface area contributed by atoms with Crippen molar-refractivity contribution < 1.29 is 9.59 Å². The van der Waals surface area contributed by atoms with Crippen molar-refractivity contribution in [2.24, 2.45) is 5.92 Å². The lowest BCUT2D eigenvalue weighted by Crippen LogP contribution is -2.38. The van der Waals surface area contributed by atoms with Crippen LogP contribution in [0.25, 0.3) is 0 Å². The molecule has 0 rings (SSSR count). The normalized spacial score (nSPS) is 13.6. The summed E-state index contributed by atoms with van der Waals surface area (Å²) in [7, 11) is 0. The summed E-state index contributed by atoms with van der Waals surface area (Å²) >= 11 is 0. The number of carbonyl (C=O) groups excluding carboxylic acids is 2. The summed E-state index contributed by atoms with van der Waals surface area (Å²) in [5.41, 5.74) is 0. The number of carbonyl (C=O) groups is 2. The smallest absolute Gasteiger partial charge is 0.233 e. The molecule has 130 valence electrons. The van der Waals surface area contributed by atoms with E-state index in [4.69, 9.17) is 0 Å². The minimum atomic E-state index is 0.0828. The third kappa shape index (κ3) is 11.7. The van der Waals surface area contributed by atoms with Gasteiger partial charge in [-0.2, -0.15) is 0 Å². The molecule has 0 saturated carbocycles. The fraction of sp³-hybridized carbons (Fsp3) is 0.889. The highest BCUT2D eigenvalue weighted by molar-refractivity contribution is 5.80. The maximum Gasteiger partial charge on any atom is 0.233 e. The van der Waals surface area contributed by atoms with Crippen LogP contribution in [0.4, 0.5) is 0 Å². The SMILES string of the molecule is CCC(C)NCC(=O)NCCCCCCCC(=O)C(C)CC. The molecule has 2 N–H and O–H groups in total. The summed E-state index contributed by atoms with van der Waals surface area (Å²) in [6, 6.07) is 0.392. The average Bonchev–Trinajstić information content (AvgIpc) is 2.53.